The molecule has 6 nitrogen and oxygen atoms in total. The second-order valence-electron chi connectivity index (χ2n) is 5.81. The minimum absolute atomic E-state index is 0.115. The van der Waals surface area contributed by atoms with E-state index >= 15 is 0 Å². The van der Waals surface area contributed by atoms with Crippen molar-refractivity contribution in [1.29, 1.82) is 0 Å². The zero-order valence-corrected chi connectivity index (χ0v) is 15.7. The van der Waals surface area contributed by atoms with Gasteiger partial charge in [0.25, 0.3) is 15.9 Å². The summed E-state index contributed by atoms with van der Waals surface area (Å²) < 4.78 is 70.3. The molecule has 0 bridgehead atoms. The standard InChI is InChI=1S/C18H19F3N2O4S/c1-27-10-4-9-22-17(24)13-5-2-8-16(11-13)28(25,26)23-15-7-3-6-14(12-15)18(19,20)21/h2-3,5-8,11-12,23H,4,9-10H2,1H3,(H,22,24). The maximum Gasteiger partial charge on any atom is 0.416 e. The van der Waals surface area contributed by atoms with E-state index in [0.29, 0.717) is 25.6 Å². The molecule has 28 heavy (non-hydrogen) atoms. The van der Waals surface area contributed by atoms with Crippen molar-refractivity contribution in [3.63, 3.8) is 0 Å². The molecule has 2 rings (SSSR count). The van der Waals surface area contributed by atoms with E-state index in [2.05, 4.69) is 10.0 Å². The summed E-state index contributed by atoms with van der Waals surface area (Å²) in [5.41, 5.74) is -1.09. The lowest BCUT2D eigenvalue weighted by molar-refractivity contribution is -0.137. The normalized spacial score (nSPS) is 11.9. The molecule has 0 aliphatic rings. The Morgan fingerprint density at radius 3 is 2.50 bits per heavy atom. The number of carbonyl (C=O) groups is 1. The van der Waals surface area contributed by atoms with Crippen molar-refractivity contribution in [3.05, 3.63) is 59.7 Å². The van der Waals surface area contributed by atoms with Crippen LogP contribution in [-0.2, 0) is 20.9 Å². The summed E-state index contributed by atoms with van der Waals surface area (Å²) in [6.45, 7) is 0.821. The Hall–Kier alpha value is -2.59. The van der Waals surface area contributed by atoms with Gasteiger partial charge in [-0.2, -0.15) is 13.2 Å². The first-order valence-corrected chi connectivity index (χ1v) is 9.69. The third-order valence-electron chi connectivity index (χ3n) is 3.66. The van der Waals surface area contributed by atoms with E-state index in [1.165, 1.54) is 31.4 Å². The first kappa shape index (κ1) is 21.7. The van der Waals surface area contributed by atoms with E-state index in [1.807, 2.05) is 0 Å². The fourth-order valence-corrected chi connectivity index (χ4v) is 3.39. The summed E-state index contributed by atoms with van der Waals surface area (Å²) in [6, 6.07) is 9.07. The Morgan fingerprint density at radius 1 is 1.11 bits per heavy atom. The molecule has 1 amide bonds. The van der Waals surface area contributed by atoms with Crippen LogP contribution in [0.5, 0.6) is 0 Å². The average molecular weight is 416 g/mol. The van der Waals surface area contributed by atoms with Crippen molar-refractivity contribution in [3.8, 4) is 0 Å². The molecule has 0 radical (unpaired) electrons. The quantitative estimate of drug-likeness (QED) is 0.647. The zero-order chi connectivity index (χ0) is 20.8. The first-order valence-electron chi connectivity index (χ1n) is 8.21. The average Bonchev–Trinajstić information content (AvgIpc) is 2.64. The van der Waals surface area contributed by atoms with Crippen LogP contribution in [0.25, 0.3) is 0 Å². The molecule has 2 N–H and O–H groups in total. The van der Waals surface area contributed by atoms with Crippen molar-refractivity contribution >= 4 is 21.6 Å². The van der Waals surface area contributed by atoms with E-state index < -0.39 is 27.7 Å². The lowest BCUT2D eigenvalue weighted by Crippen LogP contribution is -2.25. The summed E-state index contributed by atoms with van der Waals surface area (Å²) in [5, 5.41) is 2.63. The Kier molecular flexibility index (Phi) is 7.03. The van der Waals surface area contributed by atoms with E-state index in [-0.39, 0.29) is 16.1 Å². The second kappa shape index (κ2) is 9.07. The molecule has 0 spiro atoms. The number of nitrogens with one attached hydrogen (secondary N) is 2. The molecule has 0 unspecified atom stereocenters. The minimum atomic E-state index is -4.59. The number of methoxy groups -OCH3 is 1. The molecule has 2 aromatic rings. The van der Waals surface area contributed by atoms with Crippen LogP contribution < -0.4 is 10.0 Å². The van der Waals surface area contributed by atoms with E-state index in [9.17, 15) is 26.4 Å². The van der Waals surface area contributed by atoms with Gasteiger partial charge in [-0.3, -0.25) is 9.52 Å². The number of halogens is 3. The van der Waals surface area contributed by atoms with Gasteiger partial charge in [0.05, 0.1) is 10.5 Å². The summed E-state index contributed by atoms with van der Waals surface area (Å²) in [7, 11) is -2.64. The van der Waals surface area contributed by atoms with E-state index in [1.54, 1.807) is 0 Å². The Bertz CT molecular complexity index is 930. The van der Waals surface area contributed by atoms with Crippen molar-refractivity contribution in [2.24, 2.45) is 0 Å². The Labute approximate surface area is 160 Å². The SMILES string of the molecule is COCCCNC(=O)c1cccc(S(=O)(=O)Nc2cccc(C(F)(F)F)c2)c1. The number of benzene rings is 2. The Morgan fingerprint density at radius 2 is 1.82 bits per heavy atom. The molecule has 0 aliphatic carbocycles. The molecular weight excluding hydrogens is 397 g/mol. The van der Waals surface area contributed by atoms with Crippen LogP contribution in [0, 0.1) is 0 Å². The second-order valence-corrected chi connectivity index (χ2v) is 7.50. The summed E-state index contributed by atoms with van der Waals surface area (Å²) in [6.07, 6.45) is -4.00. The summed E-state index contributed by atoms with van der Waals surface area (Å²) in [4.78, 5) is 11.9. The van der Waals surface area contributed by atoms with Gasteiger partial charge in [0.15, 0.2) is 0 Å². The predicted octanol–water partition coefficient (Wildman–Crippen LogP) is 3.27. The number of carbonyl (C=O) groups excluding carboxylic acids is 1. The van der Waals surface area contributed by atoms with Gasteiger partial charge in [-0.15, -0.1) is 0 Å². The largest absolute Gasteiger partial charge is 0.416 e. The van der Waals surface area contributed by atoms with Gasteiger partial charge in [-0.25, -0.2) is 8.42 Å². The molecule has 0 aliphatic heterocycles. The third kappa shape index (κ3) is 5.96. The van der Waals surface area contributed by atoms with Crippen LogP contribution in [-0.4, -0.2) is 34.6 Å². The predicted molar refractivity (Wildman–Crippen MR) is 97.5 cm³/mol. The molecule has 0 fully saturated rings. The van der Waals surface area contributed by atoms with Gasteiger partial charge >= 0.3 is 6.18 Å². The fraction of sp³-hybridized carbons (Fsp3) is 0.278. The Balaban J connectivity index is 2.17. The number of sulfonamides is 1. The minimum Gasteiger partial charge on any atom is -0.385 e. The van der Waals surface area contributed by atoms with Gasteiger partial charge in [0.2, 0.25) is 0 Å². The summed E-state index contributed by atoms with van der Waals surface area (Å²) in [5.74, 6) is -0.466. The smallest absolute Gasteiger partial charge is 0.385 e. The van der Waals surface area contributed by atoms with Crippen LogP contribution in [0.2, 0.25) is 0 Å². The molecule has 2 aromatic carbocycles. The number of hydrogen-bond acceptors (Lipinski definition) is 4. The zero-order valence-electron chi connectivity index (χ0n) is 14.9. The third-order valence-corrected chi connectivity index (χ3v) is 5.04. The van der Waals surface area contributed by atoms with E-state index in [0.717, 1.165) is 18.2 Å². The van der Waals surface area contributed by atoms with Crippen LogP contribution in [0.1, 0.15) is 22.3 Å². The monoisotopic (exact) mass is 416 g/mol. The van der Waals surface area contributed by atoms with Crippen molar-refractivity contribution in [1.82, 2.24) is 5.32 Å². The fourth-order valence-electron chi connectivity index (χ4n) is 2.30. The molecule has 0 atom stereocenters. The topological polar surface area (TPSA) is 84.5 Å². The number of alkyl halides is 3. The molecule has 0 saturated carbocycles. The highest BCUT2D eigenvalue weighted by Gasteiger charge is 2.30. The van der Waals surface area contributed by atoms with Crippen LogP contribution in [0.4, 0.5) is 18.9 Å². The van der Waals surface area contributed by atoms with Gasteiger partial charge in [-0.1, -0.05) is 12.1 Å². The highest BCUT2D eigenvalue weighted by atomic mass is 32.2. The molecule has 152 valence electrons. The number of amides is 1. The maximum atomic E-state index is 12.8. The first-order chi connectivity index (χ1) is 13.1. The van der Waals surface area contributed by atoms with Gasteiger partial charge in [0.1, 0.15) is 0 Å². The lowest BCUT2D eigenvalue weighted by atomic mass is 10.2. The molecule has 0 aromatic heterocycles. The number of ether oxygens (including phenoxy) is 1. The van der Waals surface area contributed by atoms with Crippen molar-refractivity contribution in [2.75, 3.05) is 25.0 Å². The maximum absolute atomic E-state index is 12.8. The van der Waals surface area contributed by atoms with Gasteiger partial charge in [-0.05, 0) is 42.8 Å². The van der Waals surface area contributed by atoms with Gasteiger partial charge in [0, 0.05) is 31.5 Å². The molecule has 0 saturated heterocycles. The highest BCUT2D eigenvalue weighted by molar-refractivity contribution is 7.92. The van der Waals surface area contributed by atoms with Crippen LogP contribution in [0.15, 0.2) is 53.4 Å². The van der Waals surface area contributed by atoms with Crippen LogP contribution in [0.3, 0.4) is 0 Å². The molecule has 0 heterocycles. The van der Waals surface area contributed by atoms with Crippen molar-refractivity contribution in [2.45, 2.75) is 17.5 Å². The number of hydrogen-bond donors (Lipinski definition) is 2. The molecule has 10 heteroatoms. The summed E-state index contributed by atoms with van der Waals surface area (Å²) >= 11 is 0. The van der Waals surface area contributed by atoms with Crippen molar-refractivity contribution < 1.29 is 31.1 Å². The number of rotatable bonds is 8. The molecular formula is C18H19F3N2O4S. The highest BCUT2D eigenvalue weighted by Crippen LogP contribution is 2.31. The van der Waals surface area contributed by atoms with Crippen LogP contribution >= 0.6 is 0 Å². The van der Waals surface area contributed by atoms with E-state index in [4.69, 9.17) is 4.74 Å². The number of anilines is 1. The lowest BCUT2D eigenvalue weighted by Gasteiger charge is -2.12. The van der Waals surface area contributed by atoms with Gasteiger partial charge < -0.3 is 10.1 Å².